The van der Waals surface area contributed by atoms with Gasteiger partial charge in [-0.05, 0) is 30.7 Å². The van der Waals surface area contributed by atoms with Gasteiger partial charge in [0.2, 0.25) is 5.89 Å². The lowest BCUT2D eigenvalue weighted by molar-refractivity contribution is 0.102. The van der Waals surface area contributed by atoms with Crippen molar-refractivity contribution in [1.82, 2.24) is 10.2 Å². The van der Waals surface area contributed by atoms with E-state index in [1.807, 2.05) is 31.2 Å². The molecule has 3 aromatic rings. The van der Waals surface area contributed by atoms with Crippen LogP contribution in [0.5, 0.6) is 11.5 Å². The Kier molecular flexibility index (Phi) is 4.05. The normalized spacial score (nSPS) is 10.3. The standard InChI is InChI=1S/C17H15N3O3/c1-11-7-3-5-9-14(11)23-15-10-6-4-8-13(15)16(21)18-17-20-19-12(2)22-17/h3-10H,1-2H3,(H,18,20,21). The van der Waals surface area contributed by atoms with E-state index < -0.39 is 0 Å². The number of aryl methyl sites for hydroxylation is 2. The third kappa shape index (κ3) is 3.37. The fourth-order valence-corrected chi connectivity index (χ4v) is 2.04. The number of nitrogens with one attached hydrogen (secondary N) is 1. The maximum Gasteiger partial charge on any atom is 0.322 e. The summed E-state index contributed by atoms with van der Waals surface area (Å²) in [7, 11) is 0. The minimum Gasteiger partial charge on any atom is -0.456 e. The highest BCUT2D eigenvalue weighted by Gasteiger charge is 2.16. The van der Waals surface area contributed by atoms with Crippen molar-refractivity contribution in [2.45, 2.75) is 13.8 Å². The van der Waals surface area contributed by atoms with Gasteiger partial charge in [0, 0.05) is 6.92 Å². The fourth-order valence-electron chi connectivity index (χ4n) is 2.04. The second-order valence-corrected chi connectivity index (χ2v) is 4.94. The number of nitrogens with zero attached hydrogens (tertiary/aromatic N) is 2. The summed E-state index contributed by atoms with van der Waals surface area (Å²) in [4.78, 5) is 12.4. The largest absolute Gasteiger partial charge is 0.456 e. The van der Waals surface area contributed by atoms with Gasteiger partial charge in [-0.2, -0.15) is 0 Å². The maximum atomic E-state index is 12.4. The van der Waals surface area contributed by atoms with Crippen LogP contribution in [0, 0.1) is 13.8 Å². The zero-order chi connectivity index (χ0) is 16.2. The summed E-state index contributed by atoms with van der Waals surface area (Å²) in [6, 6.07) is 14.6. The number of anilines is 1. The van der Waals surface area contributed by atoms with Gasteiger partial charge in [0.05, 0.1) is 5.56 Å². The third-order valence-corrected chi connectivity index (χ3v) is 3.19. The van der Waals surface area contributed by atoms with E-state index in [2.05, 4.69) is 15.5 Å². The molecule has 1 N–H and O–H groups in total. The van der Waals surface area contributed by atoms with Crippen LogP contribution in [0.15, 0.2) is 52.9 Å². The first-order chi connectivity index (χ1) is 11.1. The van der Waals surface area contributed by atoms with Crippen LogP contribution < -0.4 is 10.1 Å². The number of hydrogen-bond acceptors (Lipinski definition) is 5. The van der Waals surface area contributed by atoms with Crippen LogP contribution >= 0.6 is 0 Å². The molecule has 0 radical (unpaired) electrons. The van der Waals surface area contributed by atoms with Gasteiger partial charge in [0.1, 0.15) is 11.5 Å². The summed E-state index contributed by atoms with van der Waals surface area (Å²) in [5.41, 5.74) is 1.36. The number of hydrogen-bond donors (Lipinski definition) is 1. The molecule has 1 heterocycles. The zero-order valence-corrected chi connectivity index (χ0v) is 12.7. The van der Waals surface area contributed by atoms with Gasteiger partial charge >= 0.3 is 6.01 Å². The molecule has 3 rings (SSSR count). The van der Waals surface area contributed by atoms with Crippen LogP contribution in [0.25, 0.3) is 0 Å². The second kappa shape index (κ2) is 6.31. The molecule has 0 aliphatic carbocycles. The highest BCUT2D eigenvalue weighted by molar-refractivity contribution is 6.05. The van der Waals surface area contributed by atoms with E-state index >= 15 is 0 Å². The van der Waals surface area contributed by atoms with E-state index in [4.69, 9.17) is 9.15 Å². The number of carbonyl (C=O) groups excluding carboxylic acids is 1. The third-order valence-electron chi connectivity index (χ3n) is 3.19. The lowest BCUT2D eigenvalue weighted by Crippen LogP contribution is -2.13. The molecule has 116 valence electrons. The minimum atomic E-state index is -0.377. The molecule has 23 heavy (non-hydrogen) atoms. The van der Waals surface area contributed by atoms with E-state index in [0.717, 1.165) is 5.56 Å². The van der Waals surface area contributed by atoms with Gasteiger partial charge in [-0.3, -0.25) is 10.1 Å². The predicted octanol–water partition coefficient (Wildman–Crippen LogP) is 3.73. The van der Waals surface area contributed by atoms with Crippen LogP contribution in [0.2, 0.25) is 0 Å². The second-order valence-electron chi connectivity index (χ2n) is 4.94. The number of carbonyl (C=O) groups is 1. The summed E-state index contributed by atoms with van der Waals surface area (Å²) >= 11 is 0. The van der Waals surface area contributed by atoms with Gasteiger partial charge in [-0.15, -0.1) is 5.10 Å². The molecule has 0 saturated heterocycles. The first kappa shape index (κ1) is 14.8. The summed E-state index contributed by atoms with van der Waals surface area (Å²) in [6.07, 6.45) is 0. The molecule has 0 unspecified atom stereocenters. The maximum absolute atomic E-state index is 12.4. The number of amides is 1. The van der Waals surface area contributed by atoms with Crippen LogP contribution in [0.1, 0.15) is 21.8 Å². The summed E-state index contributed by atoms with van der Waals surface area (Å²) in [5.74, 6) is 1.15. The van der Waals surface area contributed by atoms with Crippen molar-refractivity contribution in [3.8, 4) is 11.5 Å². The average molecular weight is 309 g/mol. The molecule has 0 saturated carbocycles. The molecule has 6 nitrogen and oxygen atoms in total. The number of rotatable bonds is 4. The van der Waals surface area contributed by atoms with Crippen molar-refractivity contribution in [3.05, 3.63) is 65.5 Å². The fraction of sp³-hybridized carbons (Fsp3) is 0.118. The minimum absolute atomic E-state index is 0.0539. The first-order valence-corrected chi connectivity index (χ1v) is 7.07. The predicted molar refractivity (Wildman–Crippen MR) is 84.7 cm³/mol. The Hall–Kier alpha value is -3.15. The zero-order valence-electron chi connectivity index (χ0n) is 12.7. The van der Waals surface area contributed by atoms with Gasteiger partial charge in [-0.1, -0.05) is 35.4 Å². The lowest BCUT2D eigenvalue weighted by atomic mass is 10.2. The first-order valence-electron chi connectivity index (χ1n) is 7.07. The molecule has 0 aliphatic heterocycles. The van der Waals surface area contributed by atoms with Crippen molar-refractivity contribution in [2.24, 2.45) is 0 Å². The van der Waals surface area contributed by atoms with Crippen molar-refractivity contribution < 1.29 is 13.9 Å². The van der Waals surface area contributed by atoms with E-state index in [1.165, 1.54) is 0 Å². The molecular formula is C17H15N3O3. The Morgan fingerprint density at radius 3 is 2.39 bits per heavy atom. The average Bonchev–Trinajstić information content (AvgIpc) is 2.95. The van der Waals surface area contributed by atoms with Crippen LogP contribution in [0.4, 0.5) is 6.01 Å². The molecule has 2 aromatic carbocycles. The summed E-state index contributed by atoms with van der Waals surface area (Å²) < 4.78 is 11.0. The van der Waals surface area contributed by atoms with Gasteiger partial charge in [0.25, 0.3) is 5.91 Å². The monoisotopic (exact) mass is 309 g/mol. The Bertz CT molecular complexity index is 842. The van der Waals surface area contributed by atoms with E-state index in [9.17, 15) is 4.79 Å². The Morgan fingerprint density at radius 1 is 1.00 bits per heavy atom. The van der Waals surface area contributed by atoms with Crippen molar-refractivity contribution in [3.63, 3.8) is 0 Å². The smallest absolute Gasteiger partial charge is 0.322 e. The Labute approximate surface area is 133 Å². The van der Waals surface area contributed by atoms with Crippen molar-refractivity contribution >= 4 is 11.9 Å². The van der Waals surface area contributed by atoms with E-state index in [1.54, 1.807) is 31.2 Å². The molecule has 1 aromatic heterocycles. The molecular weight excluding hydrogens is 294 g/mol. The summed E-state index contributed by atoms with van der Waals surface area (Å²) in [6.45, 7) is 3.59. The topological polar surface area (TPSA) is 77.2 Å². The molecule has 0 bridgehead atoms. The highest BCUT2D eigenvalue weighted by atomic mass is 16.5. The summed E-state index contributed by atoms with van der Waals surface area (Å²) in [5, 5.41) is 9.98. The molecule has 1 amide bonds. The molecule has 0 spiro atoms. The SMILES string of the molecule is Cc1nnc(NC(=O)c2ccccc2Oc2ccccc2C)o1. The Morgan fingerprint density at radius 2 is 1.70 bits per heavy atom. The number of benzene rings is 2. The van der Waals surface area contributed by atoms with Crippen LogP contribution in [-0.2, 0) is 0 Å². The highest BCUT2D eigenvalue weighted by Crippen LogP contribution is 2.28. The lowest BCUT2D eigenvalue weighted by Gasteiger charge is -2.11. The van der Waals surface area contributed by atoms with Gasteiger partial charge in [0.15, 0.2) is 0 Å². The number of aromatic nitrogens is 2. The van der Waals surface area contributed by atoms with Crippen molar-refractivity contribution in [1.29, 1.82) is 0 Å². The van der Waals surface area contributed by atoms with E-state index in [-0.39, 0.29) is 11.9 Å². The molecule has 6 heteroatoms. The molecule has 0 fully saturated rings. The van der Waals surface area contributed by atoms with Crippen LogP contribution in [0.3, 0.4) is 0 Å². The number of ether oxygens (including phenoxy) is 1. The molecule has 0 atom stereocenters. The quantitative estimate of drug-likeness (QED) is 0.794. The number of para-hydroxylation sites is 2. The molecule has 0 aliphatic rings. The van der Waals surface area contributed by atoms with Gasteiger partial charge in [-0.25, -0.2) is 0 Å². The van der Waals surface area contributed by atoms with E-state index in [0.29, 0.717) is 23.0 Å². The van der Waals surface area contributed by atoms with Gasteiger partial charge < -0.3 is 9.15 Å². The Balaban J connectivity index is 1.85. The van der Waals surface area contributed by atoms with Crippen LogP contribution in [-0.4, -0.2) is 16.1 Å². The van der Waals surface area contributed by atoms with Crippen molar-refractivity contribution in [2.75, 3.05) is 5.32 Å².